The lowest BCUT2D eigenvalue weighted by molar-refractivity contribution is -0.129. The number of benzene rings is 1. The molecule has 1 fully saturated rings. The Hall–Kier alpha value is -1.35. The molecule has 0 heterocycles. The zero-order valence-corrected chi connectivity index (χ0v) is 11.4. The van der Waals surface area contributed by atoms with Crippen molar-refractivity contribution in [3.05, 3.63) is 35.4 Å². The first-order valence-electron chi connectivity index (χ1n) is 6.63. The van der Waals surface area contributed by atoms with Crippen LogP contribution in [0.15, 0.2) is 24.3 Å². The van der Waals surface area contributed by atoms with Crippen LogP contribution < -0.4 is 5.32 Å². The van der Waals surface area contributed by atoms with E-state index in [0.29, 0.717) is 12.6 Å². The summed E-state index contributed by atoms with van der Waals surface area (Å²) in [5.74, 6) is 0.191. The van der Waals surface area contributed by atoms with Gasteiger partial charge in [0.1, 0.15) is 0 Å². The molecule has 0 aromatic heterocycles. The second kappa shape index (κ2) is 5.53. The number of aryl methyl sites for hydroxylation is 1. The van der Waals surface area contributed by atoms with E-state index in [9.17, 15) is 4.79 Å². The highest BCUT2D eigenvalue weighted by atomic mass is 16.2. The lowest BCUT2D eigenvalue weighted by atomic mass is 10.1. The zero-order chi connectivity index (χ0) is 13.1. The standard InChI is InChI=1S/C15H22N2O/c1-11-4-6-13(7-5-11)12(2)16-10-15(18)17(3)14-8-9-14/h4-7,12,14,16H,8-10H2,1-3H3/t12-/m1/s1. The minimum Gasteiger partial charge on any atom is -0.342 e. The molecule has 2 rings (SSSR count). The van der Waals surface area contributed by atoms with Crippen molar-refractivity contribution in [1.29, 1.82) is 0 Å². The minimum atomic E-state index is 0.191. The van der Waals surface area contributed by atoms with Gasteiger partial charge >= 0.3 is 0 Å². The second-order valence-electron chi connectivity index (χ2n) is 5.25. The Kier molecular flexibility index (Phi) is 4.02. The molecular formula is C15H22N2O. The lowest BCUT2D eigenvalue weighted by Gasteiger charge is -2.19. The number of hydrogen-bond acceptors (Lipinski definition) is 2. The number of likely N-dealkylation sites (N-methyl/N-ethyl adjacent to an activating group) is 1. The third kappa shape index (κ3) is 3.33. The van der Waals surface area contributed by atoms with Gasteiger partial charge in [-0.1, -0.05) is 29.8 Å². The Labute approximate surface area is 109 Å². The molecule has 1 aliphatic rings. The van der Waals surface area contributed by atoms with Gasteiger partial charge in [-0.15, -0.1) is 0 Å². The van der Waals surface area contributed by atoms with Crippen molar-refractivity contribution in [3.63, 3.8) is 0 Å². The van der Waals surface area contributed by atoms with Crippen LogP contribution in [-0.2, 0) is 4.79 Å². The molecular weight excluding hydrogens is 224 g/mol. The summed E-state index contributed by atoms with van der Waals surface area (Å²) in [6.07, 6.45) is 2.32. The molecule has 1 saturated carbocycles. The van der Waals surface area contributed by atoms with Crippen LogP contribution in [0.1, 0.15) is 36.9 Å². The average Bonchev–Trinajstić information content (AvgIpc) is 3.19. The van der Waals surface area contributed by atoms with Crippen LogP contribution in [-0.4, -0.2) is 30.4 Å². The molecule has 0 bridgehead atoms. The number of nitrogens with one attached hydrogen (secondary N) is 1. The van der Waals surface area contributed by atoms with E-state index in [2.05, 4.69) is 43.4 Å². The molecule has 0 unspecified atom stereocenters. The summed E-state index contributed by atoms with van der Waals surface area (Å²) < 4.78 is 0. The summed E-state index contributed by atoms with van der Waals surface area (Å²) >= 11 is 0. The van der Waals surface area contributed by atoms with Crippen molar-refractivity contribution in [2.75, 3.05) is 13.6 Å². The number of amides is 1. The lowest BCUT2D eigenvalue weighted by Crippen LogP contribution is -2.37. The first kappa shape index (κ1) is 13.1. The van der Waals surface area contributed by atoms with Crippen molar-refractivity contribution in [2.24, 2.45) is 0 Å². The highest BCUT2D eigenvalue weighted by Gasteiger charge is 2.29. The molecule has 1 aromatic rings. The third-order valence-corrected chi connectivity index (χ3v) is 3.62. The highest BCUT2D eigenvalue weighted by molar-refractivity contribution is 5.78. The quantitative estimate of drug-likeness (QED) is 0.864. The molecule has 3 nitrogen and oxygen atoms in total. The minimum absolute atomic E-state index is 0.191. The normalized spacial score (nSPS) is 16.4. The van der Waals surface area contributed by atoms with Gasteiger partial charge in [0.25, 0.3) is 0 Å². The summed E-state index contributed by atoms with van der Waals surface area (Å²) in [5, 5.41) is 3.29. The van der Waals surface area contributed by atoms with E-state index < -0.39 is 0 Å². The number of carbonyl (C=O) groups excluding carboxylic acids is 1. The highest BCUT2D eigenvalue weighted by Crippen LogP contribution is 2.25. The van der Waals surface area contributed by atoms with Crippen LogP contribution >= 0.6 is 0 Å². The monoisotopic (exact) mass is 246 g/mol. The molecule has 1 amide bonds. The fourth-order valence-corrected chi connectivity index (χ4v) is 2.00. The fraction of sp³-hybridized carbons (Fsp3) is 0.533. The topological polar surface area (TPSA) is 32.3 Å². The van der Waals surface area contributed by atoms with Gasteiger partial charge in [0.2, 0.25) is 5.91 Å². The van der Waals surface area contributed by atoms with Gasteiger partial charge in [0.15, 0.2) is 0 Å². The van der Waals surface area contributed by atoms with Crippen molar-refractivity contribution < 1.29 is 4.79 Å². The van der Waals surface area contributed by atoms with Gasteiger partial charge in [-0.05, 0) is 32.3 Å². The molecule has 0 spiro atoms. The molecule has 3 heteroatoms. The van der Waals surface area contributed by atoms with Crippen LogP contribution in [0.2, 0.25) is 0 Å². The van der Waals surface area contributed by atoms with Crippen molar-refractivity contribution in [2.45, 2.75) is 38.8 Å². The van der Waals surface area contributed by atoms with E-state index in [4.69, 9.17) is 0 Å². The largest absolute Gasteiger partial charge is 0.342 e. The summed E-state index contributed by atoms with van der Waals surface area (Å²) in [7, 11) is 1.90. The van der Waals surface area contributed by atoms with Gasteiger partial charge in [-0.25, -0.2) is 0 Å². The average molecular weight is 246 g/mol. The van der Waals surface area contributed by atoms with E-state index in [-0.39, 0.29) is 11.9 Å². The van der Waals surface area contributed by atoms with E-state index in [1.54, 1.807) is 0 Å². The Bertz CT molecular complexity index is 409. The van der Waals surface area contributed by atoms with E-state index in [0.717, 1.165) is 12.8 Å². The number of hydrogen-bond donors (Lipinski definition) is 1. The number of rotatable bonds is 5. The summed E-state index contributed by atoms with van der Waals surface area (Å²) in [4.78, 5) is 13.7. The van der Waals surface area contributed by atoms with Crippen molar-refractivity contribution >= 4 is 5.91 Å². The third-order valence-electron chi connectivity index (χ3n) is 3.62. The summed E-state index contributed by atoms with van der Waals surface area (Å²) in [5.41, 5.74) is 2.48. The van der Waals surface area contributed by atoms with Gasteiger partial charge in [-0.3, -0.25) is 4.79 Å². The van der Waals surface area contributed by atoms with Gasteiger partial charge in [-0.2, -0.15) is 0 Å². The van der Waals surface area contributed by atoms with E-state index in [1.165, 1.54) is 11.1 Å². The van der Waals surface area contributed by atoms with Crippen LogP contribution in [0.3, 0.4) is 0 Å². The molecule has 18 heavy (non-hydrogen) atoms. The Balaban J connectivity index is 1.82. The molecule has 0 radical (unpaired) electrons. The molecule has 1 aromatic carbocycles. The van der Waals surface area contributed by atoms with Gasteiger partial charge < -0.3 is 10.2 Å². The predicted octanol–water partition coefficient (Wildman–Crippen LogP) is 2.27. The maximum atomic E-state index is 11.9. The van der Waals surface area contributed by atoms with Crippen molar-refractivity contribution in [1.82, 2.24) is 10.2 Å². The smallest absolute Gasteiger partial charge is 0.236 e. The Morgan fingerprint density at radius 3 is 2.56 bits per heavy atom. The maximum absolute atomic E-state index is 11.9. The first-order valence-corrected chi connectivity index (χ1v) is 6.63. The van der Waals surface area contributed by atoms with E-state index >= 15 is 0 Å². The van der Waals surface area contributed by atoms with Crippen LogP contribution in [0, 0.1) is 6.92 Å². The summed E-state index contributed by atoms with van der Waals surface area (Å²) in [6.45, 7) is 4.59. The van der Waals surface area contributed by atoms with E-state index in [1.807, 2.05) is 11.9 Å². The molecule has 0 saturated heterocycles. The SMILES string of the molecule is Cc1ccc([C@@H](C)NCC(=O)N(C)C2CC2)cc1. The Morgan fingerprint density at radius 1 is 1.39 bits per heavy atom. The summed E-state index contributed by atoms with van der Waals surface area (Å²) in [6, 6.07) is 9.14. The first-order chi connectivity index (χ1) is 8.58. The maximum Gasteiger partial charge on any atom is 0.236 e. The molecule has 0 aliphatic heterocycles. The van der Waals surface area contributed by atoms with Crippen LogP contribution in [0.4, 0.5) is 0 Å². The van der Waals surface area contributed by atoms with Gasteiger partial charge in [0, 0.05) is 19.1 Å². The molecule has 1 atom stereocenters. The molecule has 1 N–H and O–H groups in total. The van der Waals surface area contributed by atoms with Crippen molar-refractivity contribution in [3.8, 4) is 0 Å². The van der Waals surface area contributed by atoms with Crippen LogP contribution in [0.5, 0.6) is 0 Å². The number of nitrogens with zero attached hydrogens (tertiary/aromatic N) is 1. The van der Waals surface area contributed by atoms with Crippen LogP contribution in [0.25, 0.3) is 0 Å². The second-order valence-corrected chi connectivity index (χ2v) is 5.25. The fourth-order valence-electron chi connectivity index (χ4n) is 2.00. The predicted molar refractivity (Wildman–Crippen MR) is 73.4 cm³/mol. The zero-order valence-electron chi connectivity index (χ0n) is 11.4. The Morgan fingerprint density at radius 2 is 2.00 bits per heavy atom. The number of carbonyl (C=O) groups is 1. The molecule has 1 aliphatic carbocycles. The van der Waals surface area contributed by atoms with Gasteiger partial charge in [0.05, 0.1) is 6.54 Å². The molecule has 98 valence electrons.